The van der Waals surface area contributed by atoms with Gasteiger partial charge in [0.1, 0.15) is 5.82 Å². The summed E-state index contributed by atoms with van der Waals surface area (Å²) in [7, 11) is 1.34. The summed E-state index contributed by atoms with van der Waals surface area (Å²) in [6.07, 6.45) is 0.281. The molecule has 0 saturated heterocycles. The van der Waals surface area contributed by atoms with Gasteiger partial charge in [-0.25, -0.2) is 4.79 Å². The highest BCUT2D eigenvalue weighted by molar-refractivity contribution is 6.29. The van der Waals surface area contributed by atoms with Crippen LogP contribution >= 0.6 is 11.6 Å². The van der Waals surface area contributed by atoms with Gasteiger partial charge >= 0.3 is 5.97 Å². The number of nitrogens with zero attached hydrogens (tertiary/aromatic N) is 4. The van der Waals surface area contributed by atoms with Gasteiger partial charge < -0.3 is 10.1 Å². The zero-order chi connectivity index (χ0) is 19.8. The number of aryl methyl sites for hydroxylation is 1. The van der Waals surface area contributed by atoms with Gasteiger partial charge in [0.25, 0.3) is 0 Å². The van der Waals surface area contributed by atoms with E-state index in [0.717, 1.165) is 16.8 Å². The number of fused-ring (bicyclic) bond motifs is 1. The molecule has 1 N–H and O–H groups in total. The van der Waals surface area contributed by atoms with Crippen LogP contribution in [0.15, 0.2) is 36.4 Å². The molecule has 8 nitrogen and oxygen atoms in total. The fourth-order valence-electron chi connectivity index (χ4n) is 3.39. The van der Waals surface area contributed by atoms with Gasteiger partial charge in [0, 0.05) is 17.9 Å². The van der Waals surface area contributed by atoms with Gasteiger partial charge in [-0.1, -0.05) is 23.7 Å². The summed E-state index contributed by atoms with van der Waals surface area (Å²) in [5.74, 6) is 0.296. The number of hydrogen-bond donors (Lipinski definition) is 1. The number of nitrogens with one attached hydrogen (secondary N) is 1. The van der Waals surface area contributed by atoms with Crippen LogP contribution in [-0.2, 0) is 9.53 Å². The zero-order valence-electron chi connectivity index (χ0n) is 15.1. The zero-order valence-corrected chi connectivity index (χ0v) is 15.9. The summed E-state index contributed by atoms with van der Waals surface area (Å²) >= 11 is 5.81. The molecular formula is C19H16ClN5O3. The van der Waals surface area contributed by atoms with Crippen molar-refractivity contribution in [3.8, 4) is 5.82 Å². The molecule has 0 radical (unpaired) electrons. The predicted octanol–water partition coefficient (Wildman–Crippen LogP) is 2.88. The highest BCUT2D eigenvalue weighted by Crippen LogP contribution is 2.40. The SMILES string of the molecule is COC(=O)c1ccc([C@@H]2CC(=O)Nc3c2c(C)nn3-c2ccc(Cl)nn2)cc1. The Balaban J connectivity index is 1.78. The lowest BCUT2D eigenvalue weighted by Crippen LogP contribution is -2.25. The second-order valence-electron chi connectivity index (χ2n) is 6.39. The van der Waals surface area contributed by atoms with Crippen LogP contribution in [0.4, 0.5) is 5.82 Å². The molecule has 9 heteroatoms. The van der Waals surface area contributed by atoms with Crippen LogP contribution in [0, 0.1) is 6.92 Å². The fraction of sp³-hybridized carbons (Fsp3) is 0.211. The number of carbonyl (C=O) groups excluding carboxylic acids is 2. The minimum atomic E-state index is -0.404. The number of ether oxygens (including phenoxy) is 1. The molecule has 0 saturated carbocycles. The highest BCUT2D eigenvalue weighted by Gasteiger charge is 2.33. The molecule has 3 aromatic rings. The molecule has 1 atom stereocenters. The third-order valence-corrected chi connectivity index (χ3v) is 4.87. The number of rotatable bonds is 3. The van der Waals surface area contributed by atoms with Crippen LogP contribution in [0.5, 0.6) is 0 Å². The van der Waals surface area contributed by atoms with E-state index in [-0.39, 0.29) is 23.4 Å². The maximum atomic E-state index is 12.4. The van der Waals surface area contributed by atoms with Crippen LogP contribution in [-0.4, -0.2) is 39.0 Å². The summed E-state index contributed by atoms with van der Waals surface area (Å²) < 4.78 is 6.29. The molecule has 1 aliphatic rings. The van der Waals surface area contributed by atoms with Gasteiger partial charge in [-0.15, -0.1) is 10.2 Å². The average molecular weight is 398 g/mol. The van der Waals surface area contributed by atoms with Crippen molar-refractivity contribution in [1.29, 1.82) is 0 Å². The Morgan fingerprint density at radius 2 is 1.96 bits per heavy atom. The number of anilines is 1. The molecule has 0 fully saturated rings. The lowest BCUT2D eigenvalue weighted by molar-refractivity contribution is -0.116. The van der Waals surface area contributed by atoms with Crippen molar-refractivity contribution in [2.75, 3.05) is 12.4 Å². The van der Waals surface area contributed by atoms with E-state index in [2.05, 4.69) is 20.6 Å². The topological polar surface area (TPSA) is 99.0 Å². The Kier molecular flexibility index (Phi) is 4.56. The third kappa shape index (κ3) is 3.11. The normalized spacial score (nSPS) is 15.7. The summed E-state index contributed by atoms with van der Waals surface area (Å²) in [5.41, 5.74) is 3.04. The van der Waals surface area contributed by atoms with Gasteiger partial charge in [-0.2, -0.15) is 9.78 Å². The van der Waals surface area contributed by atoms with Gasteiger partial charge in [-0.05, 0) is 36.8 Å². The number of methoxy groups -OCH3 is 1. The molecule has 0 unspecified atom stereocenters. The first-order valence-corrected chi connectivity index (χ1v) is 8.93. The summed E-state index contributed by atoms with van der Waals surface area (Å²) in [4.78, 5) is 24.1. The molecule has 1 aliphatic heterocycles. The number of hydrogen-bond acceptors (Lipinski definition) is 6. The summed E-state index contributed by atoms with van der Waals surface area (Å²) in [6, 6.07) is 10.3. The second-order valence-corrected chi connectivity index (χ2v) is 6.78. The van der Waals surface area contributed by atoms with Crippen molar-refractivity contribution in [1.82, 2.24) is 20.0 Å². The predicted molar refractivity (Wildman–Crippen MR) is 102 cm³/mol. The number of halogens is 1. The molecule has 1 amide bonds. The number of amides is 1. The maximum Gasteiger partial charge on any atom is 0.337 e. The van der Waals surface area contributed by atoms with Crippen LogP contribution < -0.4 is 5.32 Å². The number of carbonyl (C=O) groups is 2. The standard InChI is InChI=1S/C19H16ClN5O3/c1-10-17-13(11-3-5-12(6-4-11)19(27)28-2)9-16(26)21-18(17)25(24-10)15-8-7-14(20)22-23-15/h3-8,13H,9H2,1-2H3,(H,21,26)/t13-/m0/s1. The van der Waals surface area contributed by atoms with E-state index in [1.807, 2.05) is 19.1 Å². The van der Waals surface area contributed by atoms with Gasteiger partial charge in [-0.3, -0.25) is 4.79 Å². The van der Waals surface area contributed by atoms with E-state index in [1.54, 1.807) is 28.9 Å². The monoisotopic (exact) mass is 397 g/mol. The van der Waals surface area contributed by atoms with Crippen LogP contribution in [0.25, 0.3) is 5.82 Å². The number of benzene rings is 1. The van der Waals surface area contributed by atoms with Gasteiger partial charge in [0.15, 0.2) is 11.0 Å². The minimum Gasteiger partial charge on any atom is -0.465 e. The van der Waals surface area contributed by atoms with E-state index in [9.17, 15) is 9.59 Å². The van der Waals surface area contributed by atoms with E-state index in [0.29, 0.717) is 17.2 Å². The quantitative estimate of drug-likeness (QED) is 0.682. The molecule has 0 aliphatic carbocycles. The van der Waals surface area contributed by atoms with Crippen LogP contribution in [0.2, 0.25) is 5.15 Å². The first-order valence-electron chi connectivity index (χ1n) is 8.55. The molecule has 2 aromatic heterocycles. The molecule has 4 rings (SSSR count). The molecule has 3 heterocycles. The largest absolute Gasteiger partial charge is 0.465 e. The van der Waals surface area contributed by atoms with E-state index in [1.165, 1.54) is 7.11 Å². The first-order chi connectivity index (χ1) is 13.5. The third-order valence-electron chi connectivity index (χ3n) is 4.67. The molecule has 0 bridgehead atoms. The van der Waals surface area contributed by atoms with Crippen molar-refractivity contribution < 1.29 is 14.3 Å². The van der Waals surface area contributed by atoms with Crippen molar-refractivity contribution in [3.05, 3.63) is 63.9 Å². The number of esters is 1. The molecule has 0 spiro atoms. The van der Waals surface area contributed by atoms with Crippen molar-refractivity contribution >= 4 is 29.3 Å². The smallest absolute Gasteiger partial charge is 0.337 e. The Morgan fingerprint density at radius 3 is 2.61 bits per heavy atom. The van der Waals surface area contributed by atoms with E-state index >= 15 is 0 Å². The van der Waals surface area contributed by atoms with Crippen molar-refractivity contribution in [2.24, 2.45) is 0 Å². The van der Waals surface area contributed by atoms with E-state index < -0.39 is 5.97 Å². The second kappa shape index (κ2) is 7.05. The fourth-order valence-corrected chi connectivity index (χ4v) is 3.49. The molecular weight excluding hydrogens is 382 g/mol. The Bertz CT molecular complexity index is 1060. The Morgan fingerprint density at radius 1 is 1.21 bits per heavy atom. The van der Waals surface area contributed by atoms with Crippen LogP contribution in [0.1, 0.15) is 39.5 Å². The maximum absolute atomic E-state index is 12.4. The lowest BCUT2D eigenvalue weighted by atomic mass is 9.85. The minimum absolute atomic E-state index is 0.127. The van der Waals surface area contributed by atoms with Gasteiger partial charge in [0.05, 0.1) is 18.4 Å². The van der Waals surface area contributed by atoms with Crippen molar-refractivity contribution in [3.63, 3.8) is 0 Å². The lowest BCUT2D eigenvalue weighted by Gasteiger charge is -2.24. The summed E-state index contributed by atoms with van der Waals surface area (Å²) in [6.45, 7) is 1.88. The number of aromatic nitrogens is 4. The van der Waals surface area contributed by atoms with Crippen molar-refractivity contribution in [2.45, 2.75) is 19.3 Å². The average Bonchev–Trinajstić information content (AvgIpc) is 3.03. The molecule has 1 aromatic carbocycles. The summed E-state index contributed by atoms with van der Waals surface area (Å²) in [5, 5.41) is 15.6. The van der Waals surface area contributed by atoms with Crippen LogP contribution in [0.3, 0.4) is 0 Å². The van der Waals surface area contributed by atoms with E-state index in [4.69, 9.17) is 16.3 Å². The Hall–Kier alpha value is -3.26. The highest BCUT2D eigenvalue weighted by atomic mass is 35.5. The molecule has 28 heavy (non-hydrogen) atoms. The first kappa shape index (κ1) is 18.1. The van der Waals surface area contributed by atoms with Gasteiger partial charge in [0.2, 0.25) is 5.91 Å². The Labute approximate surface area is 165 Å². The molecule has 142 valence electrons.